The average Bonchev–Trinajstić information content (AvgIpc) is 2.77. The number of aliphatic hydroxyl groups is 1. The van der Waals surface area contributed by atoms with Gasteiger partial charge >= 0.3 is 5.97 Å². The van der Waals surface area contributed by atoms with Crippen molar-refractivity contribution in [2.75, 3.05) is 13.2 Å². The van der Waals surface area contributed by atoms with Gasteiger partial charge < -0.3 is 43.4 Å². The molecular formula is C20H38N6O7. The van der Waals surface area contributed by atoms with E-state index in [0.717, 1.165) is 0 Å². The fourth-order valence-corrected chi connectivity index (χ4v) is 2.82. The number of amides is 4. The van der Waals surface area contributed by atoms with E-state index in [1.807, 2.05) is 6.92 Å². The van der Waals surface area contributed by atoms with E-state index in [9.17, 15) is 34.2 Å². The Kier molecular flexibility index (Phi) is 14.6. The highest BCUT2D eigenvalue weighted by atomic mass is 16.4. The van der Waals surface area contributed by atoms with Crippen molar-refractivity contribution in [1.82, 2.24) is 16.0 Å². The SMILES string of the molecule is CCC(C)C(N)C(=O)NC(CO)C(=O)NC(CCC(N)=O)C(=O)NC(CCCCN)C(=O)O. The van der Waals surface area contributed by atoms with Gasteiger partial charge in [-0.15, -0.1) is 0 Å². The lowest BCUT2D eigenvalue weighted by molar-refractivity contribution is -0.142. The zero-order valence-electron chi connectivity index (χ0n) is 19.2. The van der Waals surface area contributed by atoms with E-state index in [1.54, 1.807) is 6.92 Å². The molecule has 0 aliphatic rings. The Bertz CT molecular complexity index is 675. The zero-order chi connectivity index (χ0) is 25.6. The van der Waals surface area contributed by atoms with E-state index < -0.39 is 60.4 Å². The van der Waals surface area contributed by atoms with Crippen LogP contribution in [-0.4, -0.2) is 77.1 Å². The number of hydrogen-bond donors (Lipinski definition) is 8. The molecular weight excluding hydrogens is 436 g/mol. The second-order valence-electron chi connectivity index (χ2n) is 7.91. The number of nitrogens with one attached hydrogen (secondary N) is 3. The van der Waals surface area contributed by atoms with Gasteiger partial charge in [-0.3, -0.25) is 19.2 Å². The number of aliphatic carboxylic acids is 1. The number of rotatable bonds is 17. The van der Waals surface area contributed by atoms with Crippen LogP contribution in [-0.2, 0) is 24.0 Å². The van der Waals surface area contributed by atoms with Crippen LogP contribution in [0.25, 0.3) is 0 Å². The van der Waals surface area contributed by atoms with Crippen molar-refractivity contribution in [3.05, 3.63) is 0 Å². The Balaban J connectivity index is 5.32. The van der Waals surface area contributed by atoms with Crippen molar-refractivity contribution in [3.63, 3.8) is 0 Å². The van der Waals surface area contributed by atoms with E-state index in [4.69, 9.17) is 17.2 Å². The predicted octanol–water partition coefficient (Wildman–Crippen LogP) is -2.71. The Morgan fingerprint density at radius 2 is 1.42 bits per heavy atom. The minimum atomic E-state index is -1.41. The maximum atomic E-state index is 12.7. The second kappa shape index (κ2) is 15.9. The molecule has 13 heteroatoms. The van der Waals surface area contributed by atoms with Crippen molar-refractivity contribution in [3.8, 4) is 0 Å². The summed E-state index contributed by atoms with van der Waals surface area (Å²) in [5.41, 5.74) is 16.4. The van der Waals surface area contributed by atoms with Gasteiger partial charge in [0.25, 0.3) is 0 Å². The summed E-state index contributed by atoms with van der Waals surface area (Å²) in [6.07, 6.45) is 1.30. The smallest absolute Gasteiger partial charge is 0.326 e. The number of hydrogen-bond acceptors (Lipinski definition) is 8. The zero-order valence-corrected chi connectivity index (χ0v) is 19.2. The quantitative estimate of drug-likeness (QED) is 0.102. The van der Waals surface area contributed by atoms with E-state index in [-0.39, 0.29) is 25.2 Å². The van der Waals surface area contributed by atoms with Crippen molar-refractivity contribution in [2.24, 2.45) is 23.1 Å². The highest BCUT2D eigenvalue weighted by molar-refractivity contribution is 5.94. The Labute approximate surface area is 193 Å². The molecule has 33 heavy (non-hydrogen) atoms. The molecule has 5 atom stereocenters. The Morgan fingerprint density at radius 1 is 0.879 bits per heavy atom. The lowest BCUT2D eigenvalue weighted by Crippen LogP contribution is -2.58. The number of nitrogens with two attached hydrogens (primary N) is 3. The molecule has 0 fully saturated rings. The van der Waals surface area contributed by atoms with Gasteiger partial charge in [0.15, 0.2) is 0 Å². The molecule has 0 bridgehead atoms. The molecule has 11 N–H and O–H groups in total. The minimum absolute atomic E-state index is 0.123. The summed E-state index contributed by atoms with van der Waals surface area (Å²) in [7, 11) is 0. The number of carbonyl (C=O) groups is 5. The van der Waals surface area contributed by atoms with Gasteiger partial charge in [-0.1, -0.05) is 20.3 Å². The number of carbonyl (C=O) groups excluding carboxylic acids is 4. The molecule has 0 radical (unpaired) electrons. The summed E-state index contributed by atoms with van der Waals surface area (Å²) in [6.45, 7) is 3.20. The first kappa shape index (κ1) is 30.2. The Hall–Kier alpha value is -2.77. The molecule has 190 valence electrons. The van der Waals surface area contributed by atoms with E-state index in [2.05, 4.69) is 16.0 Å². The number of primary amides is 1. The summed E-state index contributed by atoms with van der Waals surface area (Å²) in [5.74, 6) is -4.56. The fraction of sp³-hybridized carbons (Fsp3) is 0.750. The first-order chi connectivity index (χ1) is 15.5. The van der Waals surface area contributed by atoms with Gasteiger partial charge in [-0.25, -0.2) is 4.79 Å². The molecule has 0 aromatic heterocycles. The van der Waals surface area contributed by atoms with Gasteiger partial charge in [0, 0.05) is 6.42 Å². The van der Waals surface area contributed by atoms with Crippen LogP contribution in [0.1, 0.15) is 52.4 Å². The van der Waals surface area contributed by atoms with Gasteiger partial charge in [0.2, 0.25) is 23.6 Å². The normalized spacial score (nSPS) is 15.4. The molecule has 5 unspecified atom stereocenters. The summed E-state index contributed by atoms with van der Waals surface area (Å²) < 4.78 is 0. The third-order valence-corrected chi connectivity index (χ3v) is 5.25. The molecule has 0 spiro atoms. The third kappa shape index (κ3) is 11.6. The molecule has 13 nitrogen and oxygen atoms in total. The van der Waals surface area contributed by atoms with Gasteiger partial charge in [-0.05, 0) is 38.1 Å². The third-order valence-electron chi connectivity index (χ3n) is 5.25. The first-order valence-corrected chi connectivity index (χ1v) is 11.0. The van der Waals surface area contributed by atoms with Gasteiger partial charge in [0.05, 0.1) is 12.6 Å². The van der Waals surface area contributed by atoms with E-state index in [0.29, 0.717) is 25.8 Å². The maximum Gasteiger partial charge on any atom is 0.326 e. The average molecular weight is 475 g/mol. The van der Waals surface area contributed by atoms with Crippen molar-refractivity contribution < 1.29 is 34.2 Å². The summed E-state index contributed by atoms with van der Waals surface area (Å²) in [6, 6.07) is -4.86. The number of unbranched alkanes of at least 4 members (excludes halogenated alkanes) is 1. The van der Waals surface area contributed by atoms with Crippen LogP contribution in [0.5, 0.6) is 0 Å². The minimum Gasteiger partial charge on any atom is -0.480 e. The van der Waals surface area contributed by atoms with Crippen molar-refractivity contribution in [2.45, 2.75) is 76.5 Å². The van der Waals surface area contributed by atoms with Crippen LogP contribution in [0, 0.1) is 5.92 Å². The predicted molar refractivity (Wildman–Crippen MR) is 119 cm³/mol. The fourth-order valence-electron chi connectivity index (χ4n) is 2.82. The van der Waals surface area contributed by atoms with Crippen molar-refractivity contribution >= 4 is 29.6 Å². The van der Waals surface area contributed by atoms with Crippen LogP contribution in [0.15, 0.2) is 0 Å². The van der Waals surface area contributed by atoms with Crippen LogP contribution in [0.2, 0.25) is 0 Å². The molecule has 0 saturated carbocycles. The lowest BCUT2D eigenvalue weighted by atomic mass is 9.99. The monoisotopic (exact) mass is 474 g/mol. The van der Waals surface area contributed by atoms with Crippen LogP contribution >= 0.6 is 0 Å². The molecule has 0 aliphatic heterocycles. The maximum absolute atomic E-state index is 12.7. The second-order valence-corrected chi connectivity index (χ2v) is 7.91. The van der Waals surface area contributed by atoms with Gasteiger partial charge in [0.1, 0.15) is 18.1 Å². The summed E-state index contributed by atoms with van der Waals surface area (Å²) in [5, 5.41) is 25.9. The molecule has 0 aromatic carbocycles. The molecule has 0 saturated heterocycles. The van der Waals surface area contributed by atoms with Crippen LogP contribution in [0.4, 0.5) is 0 Å². The van der Waals surface area contributed by atoms with E-state index >= 15 is 0 Å². The molecule has 0 rings (SSSR count). The van der Waals surface area contributed by atoms with Crippen molar-refractivity contribution in [1.29, 1.82) is 0 Å². The van der Waals surface area contributed by atoms with Crippen LogP contribution < -0.4 is 33.2 Å². The first-order valence-electron chi connectivity index (χ1n) is 11.0. The number of carboxylic acid groups (broad SMARTS) is 1. The highest BCUT2D eigenvalue weighted by Crippen LogP contribution is 2.07. The number of carboxylic acids is 1. The molecule has 4 amide bonds. The molecule has 0 aromatic rings. The molecule has 0 heterocycles. The summed E-state index contributed by atoms with van der Waals surface area (Å²) in [4.78, 5) is 60.2. The van der Waals surface area contributed by atoms with Gasteiger partial charge in [-0.2, -0.15) is 0 Å². The van der Waals surface area contributed by atoms with Crippen LogP contribution in [0.3, 0.4) is 0 Å². The number of aliphatic hydroxyl groups excluding tert-OH is 1. The van der Waals surface area contributed by atoms with E-state index in [1.165, 1.54) is 0 Å². The standard InChI is InChI=1S/C20H38N6O7/c1-3-11(2)16(23)19(31)26-14(10-27)18(30)24-12(7-8-15(22)28)17(29)25-13(20(32)33)6-4-5-9-21/h11-14,16,27H,3-10,21,23H2,1-2H3,(H2,22,28)(H,24,30)(H,25,29)(H,26,31)(H,32,33). The topological polar surface area (TPSA) is 240 Å². The lowest BCUT2D eigenvalue weighted by Gasteiger charge is -2.25. The molecule has 0 aliphatic carbocycles. The summed E-state index contributed by atoms with van der Waals surface area (Å²) >= 11 is 0. The largest absolute Gasteiger partial charge is 0.480 e. The highest BCUT2D eigenvalue weighted by Gasteiger charge is 2.30. The Morgan fingerprint density at radius 3 is 1.91 bits per heavy atom.